The summed E-state index contributed by atoms with van der Waals surface area (Å²) in [6.45, 7) is 27.8. The molecule has 342 valence electrons. The molecule has 0 N–H and O–H groups in total. The smallest absolute Gasteiger partial charge is 0.318 e. The fraction of sp³-hybridized carbons (Fsp3) is 0.250. The van der Waals surface area contributed by atoms with E-state index in [0.29, 0.717) is 0 Å². The van der Waals surface area contributed by atoms with Crippen LogP contribution in [0.15, 0.2) is 176 Å². The summed E-state index contributed by atoms with van der Waals surface area (Å²) in [7, 11) is -1.59. The summed E-state index contributed by atoms with van der Waals surface area (Å²) in [5.41, 5.74) is 14.8. The van der Waals surface area contributed by atoms with Crippen LogP contribution in [0.25, 0.3) is 76.7 Å². The van der Waals surface area contributed by atoms with Gasteiger partial charge in [0.15, 0.2) is 0 Å². The van der Waals surface area contributed by atoms with Crippen LogP contribution in [0.4, 0.5) is 0 Å². The summed E-state index contributed by atoms with van der Waals surface area (Å²) in [6, 6.07) is 61.3. The highest BCUT2D eigenvalue weighted by atomic mass is 31.2. The molecule has 0 aliphatic heterocycles. The molecule has 68 heavy (non-hydrogen) atoms. The zero-order valence-corrected chi connectivity index (χ0v) is 42.9. The first kappa shape index (κ1) is 45.4. The predicted molar refractivity (Wildman–Crippen MR) is 295 cm³/mol. The minimum absolute atomic E-state index is 0.000833. The number of hydrogen-bond acceptors (Lipinski definition) is 1. The van der Waals surface area contributed by atoms with Crippen LogP contribution in [0.2, 0.25) is 0 Å². The third-order valence-corrected chi connectivity index (χ3v) is 15.6. The lowest BCUT2D eigenvalue weighted by Gasteiger charge is -2.27. The Labute approximate surface area is 405 Å². The molecule has 2 heterocycles. The van der Waals surface area contributed by atoms with Gasteiger partial charge in [-0.2, -0.15) is 0 Å². The van der Waals surface area contributed by atoms with Gasteiger partial charge in [0.25, 0.3) is 0 Å². The Bertz CT molecular complexity index is 3310. The van der Waals surface area contributed by atoms with Crippen molar-refractivity contribution in [2.45, 2.75) is 105 Å². The molecule has 8 aromatic carbocycles. The molecule has 3 nitrogen and oxygen atoms in total. The molecule has 0 unspecified atom stereocenters. The Morgan fingerprint density at radius 3 is 1.24 bits per heavy atom. The summed E-state index contributed by atoms with van der Waals surface area (Å²) >= 11 is 0. The molecule has 0 saturated heterocycles. The van der Waals surface area contributed by atoms with Gasteiger partial charge in [0.2, 0.25) is 0 Å². The fourth-order valence-electron chi connectivity index (χ4n) is 9.54. The van der Waals surface area contributed by atoms with Gasteiger partial charge in [-0.05, 0) is 124 Å². The van der Waals surface area contributed by atoms with Gasteiger partial charge in [-0.15, -0.1) is 0 Å². The van der Waals surface area contributed by atoms with Crippen LogP contribution in [-0.2, 0) is 21.7 Å². The van der Waals surface area contributed by atoms with E-state index in [1.807, 2.05) is 0 Å². The van der Waals surface area contributed by atoms with Crippen LogP contribution in [0.3, 0.4) is 0 Å². The summed E-state index contributed by atoms with van der Waals surface area (Å²) < 4.78 is 12.6. The number of hydrogen-bond donors (Lipinski definition) is 0. The molecule has 4 heteroatoms. The summed E-state index contributed by atoms with van der Waals surface area (Å²) in [4.78, 5) is 0. The van der Waals surface area contributed by atoms with Gasteiger partial charge >= 0.3 is 8.45 Å². The van der Waals surface area contributed by atoms with Crippen molar-refractivity contribution < 1.29 is 4.52 Å². The zero-order chi connectivity index (χ0) is 47.9. The molecule has 0 amide bonds. The van der Waals surface area contributed by atoms with Crippen molar-refractivity contribution >= 4 is 51.8 Å². The lowest BCUT2D eigenvalue weighted by Crippen LogP contribution is -2.16. The molecule has 0 bridgehead atoms. The average Bonchev–Trinajstić information content (AvgIpc) is 3.93. The largest absolute Gasteiger partial charge is 0.435 e. The van der Waals surface area contributed by atoms with E-state index < -0.39 is 8.45 Å². The number of aromatic nitrogens is 2. The number of benzene rings is 8. The van der Waals surface area contributed by atoms with Crippen LogP contribution in [-0.4, -0.2) is 8.68 Å². The first-order valence-corrected chi connectivity index (χ1v) is 25.4. The molecule has 0 fully saturated rings. The van der Waals surface area contributed by atoms with Crippen LogP contribution in [0.5, 0.6) is 5.75 Å². The maximum atomic E-state index is 7.80. The van der Waals surface area contributed by atoms with Crippen LogP contribution < -0.4 is 4.52 Å². The molecule has 0 spiro atoms. The molecule has 0 radical (unpaired) electrons. The lowest BCUT2D eigenvalue weighted by molar-refractivity contribution is 0.568. The first-order chi connectivity index (χ1) is 32.2. The van der Waals surface area contributed by atoms with E-state index in [0.717, 1.165) is 33.3 Å². The van der Waals surface area contributed by atoms with Crippen molar-refractivity contribution in [3.05, 3.63) is 198 Å². The minimum atomic E-state index is -1.59. The van der Waals surface area contributed by atoms with Crippen molar-refractivity contribution in [1.82, 2.24) is 8.68 Å². The Balaban J connectivity index is 1.21. The van der Waals surface area contributed by atoms with Crippen LogP contribution in [0, 0.1) is 0 Å². The molecule has 2 aromatic heterocycles. The fourth-order valence-corrected chi connectivity index (χ4v) is 11.3. The van der Waals surface area contributed by atoms with Crippen molar-refractivity contribution in [2.75, 3.05) is 0 Å². The lowest BCUT2D eigenvalue weighted by atomic mass is 9.79. The highest BCUT2D eigenvalue weighted by Crippen LogP contribution is 2.51. The monoisotopic (exact) mass is 908 g/mol. The summed E-state index contributed by atoms with van der Waals surface area (Å²) in [5, 5.41) is 7.09. The van der Waals surface area contributed by atoms with E-state index in [2.05, 4.69) is 268 Å². The van der Waals surface area contributed by atoms with E-state index in [-0.39, 0.29) is 21.7 Å². The molecule has 0 saturated carbocycles. The Morgan fingerprint density at radius 1 is 0.353 bits per heavy atom. The Morgan fingerprint density at radius 2 is 0.765 bits per heavy atom. The number of nitrogens with zero attached hydrogens (tertiary/aromatic N) is 2. The van der Waals surface area contributed by atoms with Gasteiger partial charge in [0.1, 0.15) is 5.75 Å². The van der Waals surface area contributed by atoms with E-state index in [1.165, 1.54) is 71.4 Å². The zero-order valence-electron chi connectivity index (χ0n) is 42.0. The second-order valence-corrected chi connectivity index (χ2v) is 24.5. The second-order valence-electron chi connectivity index (χ2n) is 23.0. The van der Waals surface area contributed by atoms with E-state index in [1.54, 1.807) is 0 Å². The van der Waals surface area contributed by atoms with Gasteiger partial charge in [-0.25, -0.2) is 0 Å². The van der Waals surface area contributed by atoms with E-state index >= 15 is 0 Å². The first-order valence-electron chi connectivity index (χ1n) is 24.2. The molecule has 0 aliphatic carbocycles. The maximum Gasteiger partial charge on any atom is 0.318 e. The van der Waals surface area contributed by atoms with Crippen molar-refractivity contribution in [3.63, 3.8) is 0 Å². The Kier molecular flexibility index (Phi) is 11.1. The summed E-state index contributed by atoms with van der Waals surface area (Å²) in [6.07, 6.45) is 4.48. The third kappa shape index (κ3) is 8.56. The molecule has 0 aliphatic rings. The Hall–Kier alpha value is -6.41. The van der Waals surface area contributed by atoms with Crippen molar-refractivity contribution in [3.8, 4) is 39.1 Å². The standard InChI is InChI=1S/C64H65N2OP/c1-61(2,3)50-34-48(35-51(40-50)62(4,5)6)46-26-24-44-30-32-65(57(44)38-46)68(67-59-29-28-43-19-14-16-22-55(43)60(59)56-23-17-20-42-18-13-15-21-54(42)56)66-33-31-45-25-27-47(39-58(45)66)49-36-52(63(7,8)9)41-53(37-49)64(10,11)12/h13-41H,1-12H3. The number of rotatable bonds is 7. The van der Waals surface area contributed by atoms with Gasteiger partial charge in [0, 0.05) is 28.7 Å². The van der Waals surface area contributed by atoms with E-state index in [4.69, 9.17) is 4.52 Å². The summed E-state index contributed by atoms with van der Waals surface area (Å²) in [5.74, 6) is 0.850. The minimum Gasteiger partial charge on any atom is -0.435 e. The highest BCUT2D eigenvalue weighted by Gasteiger charge is 2.27. The predicted octanol–water partition coefficient (Wildman–Crippen LogP) is 18.8. The number of fused-ring (bicyclic) bond motifs is 4. The van der Waals surface area contributed by atoms with E-state index in [9.17, 15) is 0 Å². The molecule has 10 aromatic rings. The SMILES string of the molecule is CC(C)(C)c1cc(-c2ccc3ccn(P(Oc4ccc5ccccc5c4-c4cccc5ccccc45)n4ccc5ccc(-c6cc(C(C)(C)C)cc(C(C)(C)C)c6)cc54)c3c2)cc(C(C)(C)C)c1. The molecule has 10 rings (SSSR count). The van der Waals surface area contributed by atoms with Gasteiger partial charge in [0.05, 0.1) is 11.0 Å². The quantitative estimate of drug-likeness (QED) is 0.146. The third-order valence-electron chi connectivity index (χ3n) is 13.8. The van der Waals surface area contributed by atoms with Gasteiger partial charge in [-0.1, -0.05) is 217 Å². The molecular formula is C64H65N2OP. The van der Waals surface area contributed by atoms with Crippen molar-refractivity contribution in [2.24, 2.45) is 0 Å². The maximum absolute atomic E-state index is 7.80. The molecular weight excluding hydrogens is 844 g/mol. The topological polar surface area (TPSA) is 19.1 Å². The van der Waals surface area contributed by atoms with Crippen LogP contribution in [0.1, 0.15) is 105 Å². The normalized spacial score (nSPS) is 12.8. The highest BCUT2D eigenvalue weighted by molar-refractivity contribution is 7.50. The van der Waals surface area contributed by atoms with Gasteiger partial charge in [-0.3, -0.25) is 8.68 Å². The van der Waals surface area contributed by atoms with Gasteiger partial charge < -0.3 is 4.52 Å². The van der Waals surface area contributed by atoms with Crippen molar-refractivity contribution in [1.29, 1.82) is 0 Å². The van der Waals surface area contributed by atoms with Crippen LogP contribution >= 0.6 is 8.45 Å². The molecule has 0 atom stereocenters. The average molecular weight is 909 g/mol. The second kappa shape index (κ2) is 16.7.